The van der Waals surface area contributed by atoms with Crippen LogP contribution in [0.5, 0.6) is 0 Å². The zero-order valence-corrected chi connectivity index (χ0v) is 9.28. The molecule has 1 heterocycles. The molecule has 0 fully saturated rings. The van der Waals surface area contributed by atoms with Crippen LogP contribution in [-0.2, 0) is 6.54 Å². The maximum Gasteiger partial charge on any atom is 0.147 e. The normalized spacial score (nSPS) is 11.1. The van der Waals surface area contributed by atoms with Gasteiger partial charge in [-0.1, -0.05) is 12.1 Å². The highest BCUT2D eigenvalue weighted by molar-refractivity contribution is 9.10. The van der Waals surface area contributed by atoms with E-state index in [4.69, 9.17) is 0 Å². The van der Waals surface area contributed by atoms with Crippen LogP contribution in [0.15, 0.2) is 22.8 Å². The van der Waals surface area contributed by atoms with E-state index in [1.54, 1.807) is 6.07 Å². The lowest BCUT2D eigenvalue weighted by Crippen LogP contribution is -2.04. The molecule has 0 amide bonds. The van der Waals surface area contributed by atoms with Crippen LogP contribution < -0.4 is 5.32 Å². The van der Waals surface area contributed by atoms with Gasteiger partial charge in [-0.05, 0) is 29.0 Å². The van der Waals surface area contributed by atoms with Crippen LogP contribution >= 0.6 is 15.9 Å². The Morgan fingerprint density at radius 3 is 3.00 bits per heavy atom. The molecule has 1 aromatic heterocycles. The van der Waals surface area contributed by atoms with E-state index in [2.05, 4.69) is 26.2 Å². The molecule has 2 rings (SSSR count). The summed E-state index contributed by atoms with van der Waals surface area (Å²) in [4.78, 5) is 2.98. The monoisotopic (exact) mass is 256 g/mol. The minimum atomic E-state index is -0.217. The van der Waals surface area contributed by atoms with Crippen molar-refractivity contribution in [1.82, 2.24) is 10.3 Å². The summed E-state index contributed by atoms with van der Waals surface area (Å²) in [6, 6.07) is 5.08. The van der Waals surface area contributed by atoms with E-state index in [9.17, 15) is 4.39 Å². The molecule has 4 heteroatoms. The summed E-state index contributed by atoms with van der Waals surface area (Å²) in [5.74, 6) is -0.217. The van der Waals surface area contributed by atoms with Crippen LogP contribution in [-0.4, -0.2) is 12.0 Å². The second kappa shape index (κ2) is 3.71. The molecule has 0 radical (unpaired) electrons. The van der Waals surface area contributed by atoms with Crippen LogP contribution in [0, 0.1) is 5.82 Å². The number of aromatic nitrogens is 1. The molecule has 1 aromatic carbocycles. The third-order valence-electron chi connectivity index (χ3n) is 2.19. The molecule has 0 bridgehead atoms. The Hall–Kier alpha value is -0.870. The number of H-pyrrole nitrogens is 1. The van der Waals surface area contributed by atoms with Gasteiger partial charge in [-0.25, -0.2) is 4.39 Å². The van der Waals surface area contributed by atoms with Gasteiger partial charge in [0.05, 0.1) is 10.1 Å². The summed E-state index contributed by atoms with van der Waals surface area (Å²) in [5.41, 5.74) is 1.62. The van der Waals surface area contributed by atoms with Gasteiger partial charge in [-0.15, -0.1) is 0 Å². The zero-order chi connectivity index (χ0) is 10.1. The van der Waals surface area contributed by atoms with Crippen molar-refractivity contribution in [2.45, 2.75) is 6.54 Å². The Balaban J connectivity index is 2.70. The topological polar surface area (TPSA) is 27.8 Å². The maximum atomic E-state index is 13.3. The number of benzene rings is 1. The highest BCUT2D eigenvalue weighted by Crippen LogP contribution is 2.27. The number of para-hydroxylation sites is 1. The summed E-state index contributed by atoms with van der Waals surface area (Å²) < 4.78 is 14.2. The van der Waals surface area contributed by atoms with E-state index in [0.29, 0.717) is 12.1 Å². The van der Waals surface area contributed by atoms with Gasteiger partial charge < -0.3 is 10.3 Å². The second-order valence-electron chi connectivity index (χ2n) is 3.11. The predicted molar refractivity (Wildman–Crippen MR) is 58.7 cm³/mol. The van der Waals surface area contributed by atoms with Crippen LogP contribution in [0.4, 0.5) is 4.39 Å². The molecule has 0 saturated heterocycles. The molecule has 74 valence electrons. The number of aromatic amines is 1. The lowest BCUT2D eigenvalue weighted by molar-refractivity contribution is 0.637. The van der Waals surface area contributed by atoms with Crippen molar-refractivity contribution < 1.29 is 4.39 Å². The molecule has 0 spiro atoms. The highest BCUT2D eigenvalue weighted by atomic mass is 79.9. The van der Waals surface area contributed by atoms with Gasteiger partial charge in [0.2, 0.25) is 0 Å². The Morgan fingerprint density at radius 2 is 2.29 bits per heavy atom. The van der Waals surface area contributed by atoms with Gasteiger partial charge in [0, 0.05) is 17.5 Å². The minimum absolute atomic E-state index is 0.217. The number of rotatable bonds is 2. The quantitative estimate of drug-likeness (QED) is 0.850. The van der Waals surface area contributed by atoms with Gasteiger partial charge in [-0.3, -0.25) is 0 Å². The lowest BCUT2D eigenvalue weighted by Gasteiger charge is -1.98. The van der Waals surface area contributed by atoms with E-state index in [0.717, 1.165) is 15.6 Å². The fourth-order valence-corrected chi connectivity index (χ4v) is 2.11. The Kier molecular flexibility index (Phi) is 2.56. The summed E-state index contributed by atoms with van der Waals surface area (Å²) in [7, 11) is 1.87. The van der Waals surface area contributed by atoms with Crippen molar-refractivity contribution in [3.05, 3.63) is 34.2 Å². The third kappa shape index (κ3) is 1.44. The van der Waals surface area contributed by atoms with Crippen molar-refractivity contribution in [1.29, 1.82) is 0 Å². The molecular formula is C10H10BrFN2. The molecule has 0 aliphatic heterocycles. The van der Waals surface area contributed by atoms with Gasteiger partial charge >= 0.3 is 0 Å². The first kappa shape index (κ1) is 9.68. The fraction of sp³-hybridized carbons (Fsp3) is 0.200. The first-order chi connectivity index (χ1) is 6.74. The van der Waals surface area contributed by atoms with Crippen LogP contribution in [0.2, 0.25) is 0 Å². The molecule has 2 aromatic rings. The minimum Gasteiger partial charge on any atom is -0.347 e. The largest absolute Gasteiger partial charge is 0.347 e. The number of hydrogen-bond acceptors (Lipinski definition) is 1. The Morgan fingerprint density at radius 1 is 1.50 bits per heavy atom. The van der Waals surface area contributed by atoms with Crippen LogP contribution in [0.3, 0.4) is 0 Å². The summed E-state index contributed by atoms with van der Waals surface area (Å²) in [6.07, 6.45) is 0. The molecule has 0 aliphatic rings. The van der Waals surface area contributed by atoms with Gasteiger partial charge in [0.1, 0.15) is 5.82 Å². The van der Waals surface area contributed by atoms with E-state index in [1.807, 2.05) is 13.1 Å². The second-order valence-corrected chi connectivity index (χ2v) is 3.90. The Bertz CT molecular complexity index is 464. The molecule has 0 saturated carbocycles. The number of halogens is 2. The van der Waals surface area contributed by atoms with Gasteiger partial charge in [-0.2, -0.15) is 0 Å². The van der Waals surface area contributed by atoms with E-state index in [1.165, 1.54) is 6.07 Å². The number of nitrogens with one attached hydrogen (secondary N) is 2. The molecule has 2 N–H and O–H groups in total. The summed E-state index contributed by atoms with van der Waals surface area (Å²) in [6.45, 7) is 0.712. The van der Waals surface area contributed by atoms with Crippen molar-refractivity contribution in [2.75, 3.05) is 7.05 Å². The standard InChI is InChI=1S/C10H10BrFN2/c1-13-5-7-6-3-2-4-8(12)9(6)14-10(7)11/h2-4,13-14H,5H2,1H3. The van der Waals surface area contributed by atoms with E-state index >= 15 is 0 Å². The third-order valence-corrected chi connectivity index (χ3v) is 2.87. The first-order valence-electron chi connectivity index (χ1n) is 4.33. The van der Waals surface area contributed by atoms with E-state index in [-0.39, 0.29) is 5.82 Å². The van der Waals surface area contributed by atoms with Crippen LogP contribution in [0.25, 0.3) is 10.9 Å². The SMILES string of the molecule is CNCc1c(Br)[nH]c2c(F)cccc12. The van der Waals surface area contributed by atoms with Crippen molar-refractivity contribution in [2.24, 2.45) is 0 Å². The number of fused-ring (bicyclic) bond motifs is 1. The molecule has 2 nitrogen and oxygen atoms in total. The molecule has 0 unspecified atom stereocenters. The first-order valence-corrected chi connectivity index (χ1v) is 5.12. The molecule has 0 aliphatic carbocycles. The Labute approximate surface area is 89.6 Å². The average Bonchev–Trinajstić information content (AvgIpc) is 2.47. The maximum absolute atomic E-state index is 13.3. The fourth-order valence-electron chi connectivity index (χ4n) is 1.56. The highest BCUT2D eigenvalue weighted by Gasteiger charge is 2.10. The van der Waals surface area contributed by atoms with Crippen LogP contribution in [0.1, 0.15) is 5.56 Å². The predicted octanol–water partition coefficient (Wildman–Crippen LogP) is 2.79. The molecule has 0 atom stereocenters. The summed E-state index contributed by atoms with van der Waals surface area (Å²) >= 11 is 3.38. The lowest BCUT2D eigenvalue weighted by atomic mass is 10.2. The smallest absolute Gasteiger partial charge is 0.147 e. The molecular weight excluding hydrogens is 247 g/mol. The zero-order valence-electron chi connectivity index (χ0n) is 7.70. The summed E-state index contributed by atoms with van der Waals surface area (Å²) in [5, 5.41) is 3.97. The van der Waals surface area contributed by atoms with Crippen molar-refractivity contribution in [3.8, 4) is 0 Å². The van der Waals surface area contributed by atoms with Gasteiger partial charge in [0.25, 0.3) is 0 Å². The van der Waals surface area contributed by atoms with E-state index < -0.39 is 0 Å². The van der Waals surface area contributed by atoms with Crippen molar-refractivity contribution in [3.63, 3.8) is 0 Å². The number of hydrogen-bond donors (Lipinski definition) is 2. The van der Waals surface area contributed by atoms with Crippen molar-refractivity contribution >= 4 is 26.8 Å². The van der Waals surface area contributed by atoms with Gasteiger partial charge in [0.15, 0.2) is 0 Å². The molecule has 14 heavy (non-hydrogen) atoms. The average molecular weight is 257 g/mol.